The summed E-state index contributed by atoms with van der Waals surface area (Å²) >= 11 is 0. The summed E-state index contributed by atoms with van der Waals surface area (Å²) in [5.74, 6) is 0.177. The van der Waals surface area contributed by atoms with Crippen LogP contribution >= 0.6 is 15.6 Å². The Kier molecular flexibility index (Phi) is 71.9. The van der Waals surface area contributed by atoms with Crippen LogP contribution in [0, 0.1) is 17.8 Å². The monoisotopic (exact) mass is 1500 g/mol. The average Bonchev–Trinajstić information content (AvgIpc) is 0.948. The second-order valence-corrected chi connectivity index (χ2v) is 33.9. The van der Waals surface area contributed by atoms with Gasteiger partial charge in [0.25, 0.3) is 0 Å². The maximum Gasteiger partial charge on any atom is 0.472 e. The molecule has 0 aliphatic rings. The molecule has 0 heterocycles. The van der Waals surface area contributed by atoms with Gasteiger partial charge in [0.15, 0.2) is 12.2 Å². The normalized spacial score (nSPS) is 14.1. The van der Waals surface area contributed by atoms with E-state index in [9.17, 15) is 43.2 Å². The molecule has 0 aromatic carbocycles. The van der Waals surface area contributed by atoms with Crippen molar-refractivity contribution < 1.29 is 80.2 Å². The highest BCUT2D eigenvalue weighted by Gasteiger charge is 2.30. The van der Waals surface area contributed by atoms with Gasteiger partial charge in [0.1, 0.15) is 19.3 Å². The minimum absolute atomic E-state index is 0.101. The van der Waals surface area contributed by atoms with Crippen LogP contribution in [0.2, 0.25) is 0 Å². The standard InChI is InChI=1S/C84H160O17P2/c1-8-9-10-11-12-13-14-15-20-27-32-37-44-51-58-65-81(86)94-71-79(100-83(88)67-60-53-45-38-33-28-22-19-17-16-18-21-25-30-35-41-48-55-62-75(2)3)73-98-102(90,91)96-69-78(85)70-97-103(92,93)99-74-80(72-95-82(87)66-59-52-47-40-43-50-57-64-77(6)7)101-84(89)68-61-54-46-39-34-29-24-23-26-31-36-42-49-56-63-76(4)5/h13-15,20,75-80,85H,8-12,16-19,21-74H2,1-7H3,(H,90,91)(H,92,93)/b14-13-,20-15-/t78?,79-,80-/m1/s1. The highest BCUT2D eigenvalue weighted by Crippen LogP contribution is 2.45. The van der Waals surface area contributed by atoms with Gasteiger partial charge in [-0.15, -0.1) is 0 Å². The van der Waals surface area contributed by atoms with E-state index in [0.717, 1.165) is 127 Å². The van der Waals surface area contributed by atoms with Crippen LogP contribution < -0.4 is 0 Å². The summed E-state index contributed by atoms with van der Waals surface area (Å²) in [5, 5.41) is 10.7. The first-order valence-corrected chi connectivity index (χ1v) is 45.7. The van der Waals surface area contributed by atoms with Crippen LogP contribution in [-0.2, 0) is 65.4 Å². The Balaban J connectivity index is 5.25. The van der Waals surface area contributed by atoms with Gasteiger partial charge in [-0.1, -0.05) is 362 Å². The topological polar surface area (TPSA) is 237 Å². The summed E-state index contributed by atoms with van der Waals surface area (Å²) in [6.07, 6.45) is 66.2. The summed E-state index contributed by atoms with van der Waals surface area (Å²) in [7, 11) is -9.94. The van der Waals surface area contributed by atoms with Crippen molar-refractivity contribution in [2.24, 2.45) is 17.8 Å². The fourth-order valence-corrected chi connectivity index (χ4v) is 14.1. The molecule has 3 N–H and O–H groups in total. The molecule has 0 aliphatic heterocycles. The molecule has 19 heteroatoms. The van der Waals surface area contributed by atoms with E-state index in [4.69, 9.17) is 37.0 Å². The lowest BCUT2D eigenvalue weighted by Crippen LogP contribution is -2.30. The number of aliphatic hydroxyl groups excluding tert-OH is 1. The van der Waals surface area contributed by atoms with Crippen molar-refractivity contribution >= 4 is 39.5 Å². The van der Waals surface area contributed by atoms with Crippen molar-refractivity contribution in [3.63, 3.8) is 0 Å². The van der Waals surface area contributed by atoms with E-state index in [1.165, 1.54) is 199 Å². The number of allylic oxidation sites excluding steroid dienone is 4. The number of hydrogen-bond acceptors (Lipinski definition) is 15. The second-order valence-electron chi connectivity index (χ2n) is 31.0. The zero-order valence-corrected chi connectivity index (χ0v) is 69.1. The third-order valence-electron chi connectivity index (χ3n) is 19.0. The zero-order valence-electron chi connectivity index (χ0n) is 67.3. The smallest absolute Gasteiger partial charge is 0.462 e. The molecular formula is C84H160O17P2. The minimum Gasteiger partial charge on any atom is -0.462 e. The van der Waals surface area contributed by atoms with Gasteiger partial charge < -0.3 is 33.8 Å². The van der Waals surface area contributed by atoms with Gasteiger partial charge in [-0.05, 0) is 69.1 Å². The maximum atomic E-state index is 13.1. The van der Waals surface area contributed by atoms with Crippen molar-refractivity contribution in [1.82, 2.24) is 0 Å². The van der Waals surface area contributed by atoms with Crippen LogP contribution in [0.15, 0.2) is 24.3 Å². The lowest BCUT2D eigenvalue weighted by molar-refractivity contribution is -0.161. The highest BCUT2D eigenvalue weighted by atomic mass is 31.2. The Morgan fingerprint density at radius 1 is 0.301 bits per heavy atom. The molecule has 0 aromatic rings. The number of phosphoric ester groups is 2. The molecular weight excluding hydrogens is 1340 g/mol. The van der Waals surface area contributed by atoms with E-state index < -0.39 is 97.5 Å². The van der Waals surface area contributed by atoms with Crippen molar-refractivity contribution in [2.45, 2.75) is 433 Å². The molecule has 608 valence electrons. The Morgan fingerprint density at radius 3 is 0.786 bits per heavy atom. The van der Waals surface area contributed by atoms with Crippen LogP contribution in [0.25, 0.3) is 0 Å². The Morgan fingerprint density at radius 2 is 0.524 bits per heavy atom. The average molecular weight is 1500 g/mol. The summed E-state index contributed by atoms with van der Waals surface area (Å²) in [6.45, 7) is 11.9. The molecule has 0 saturated carbocycles. The van der Waals surface area contributed by atoms with Crippen LogP contribution in [-0.4, -0.2) is 96.7 Å². The highest BCUT2D eigenvalue weighted by molar-refractivity contribution is 7.47. The quantitative estimate of drug-likeness (QED) is 0.0169. The van der Waals surface area contributed by atoms with Crippen LogP contribution in [0.1, 0.15) is 414 Å². The first-order chi connectivity index (χ1) is 49.7. The van der Waals surface area contributed by atoms with Crippen LogP contribution in [0.5, 0.6) is 0 Å². The van der Waals surface area contributed by atoms with Crippen molar-refractivity contribution in [1.29, 1.82) is 0 Å². The Labute approximate surface area is 631 Å². The number of ether oxygens (including phenoxy) is 4. The first kappa shape index (κ1) is 101. The predicted octanol–water partition coefficient (Wildman–Crippen LogP) is 24.9. The van der Waals surface area contributed by atoms with E-state index in [0.29, 0.717) is 31.6 Å². The number of unbranched alkanes of at least 4 members (excludes halogenated alkanes) is 45. The fraction of sp³-hybridized carbons (Fsp3) is 0.905. The first-order valence-electron chi connectivity index (χ1n) is 42.7. The number of phosphoric acid groups is 2. The van der Waals surface area contributed by atoms with Gasteiger partial charge >= 0.3 is 39.5 Å². The lowest BCUT2D eigenvalue weighted by Gasteiger charge is -2.21. The van der Waals surface area contributed by atoms with Crippen molar-refractivity contribution in [3.8, 4) is 0 Å². The number of hydrogen-bond donors (Lipinski definition) is 3. The number of aliphatic hydroxyl groups is 1. The second kappa shape index (κ2) is 73.7. The summed E-state index contributed by atoms with van der Waals surface area (Å²) in [4.78, 5) is 73.1. The van der Waals surface area contributed by atoms with Crippen molar-refractivity contribution in [2.75, 3.05) is 39.6 Å². The SMILES string of the molecule is CCCCCC/C=C\C=C/CCCCCCCC(=O)OC[C@H](COP(=O)(O)OCC(O)COP(=O)(O)OC[C@@H](COC(=O)CCCCCCCCCC(C)C)OC(=O)CCCCCCCCCCCCCCCCC(C)C)OC(=O)CCCCCCCCCCCCCCCCCCCCC(C)C. The summed E-state index contributed by atoms with van der Waals surface area (Å²) in [6, 6.07) is 0. The molecule has 0 bridgehead atoms. The predicted molar refractivity (Wildman–Crippen MR) is 423 cm³/mol. The van der Waals surface area contributed by atoms with Gasteiger partial charge in [0.2, 0.25) is 0 Å². The summed E-state index contributed by atoms with van der Waals surface area (Å²) in [5.41, 5.74) is 0. The zero-order chi connectivity index (χ0) is 75.8. The van der Waals surface area contributed by atoms with E-state index >= 15 is 0 Å². The van der Waals surface area contributed by atoms with Gasteiger partial charge in [0.05, 0.1) is 26.4 Å². The fourth-order valence-electron chi connectivity index (χ4n) is 12.5. The number of carbonyl (C=O) groups is 4. The molecule has 0 amide bonds. The van der Waals surface area contributed by atoms with E-state index in [2.05, 4.69) is 72.8 Å². The number of carbonyl (C=O) groups excluding carboxylic acids is 4. The van der Waals surface area contributed by atoms with E-state index in [1.54, 1.807) is 0 Å². The molecule has 0 fully saturated rings. The summed E-state index contributed by atoms with van der Waals surface area (Å²) < 4.78 is 68.7. The molecule has 0 aromatic heterocycles. The molecule has 0 radical (unpaired) electrons. The van der Waals surface area contributed by atoms with E-state index in [1.807, 2.05) is 0 Å². The minimum atomic E-state index is -4.97. The van der Waals surface area contributed by atoms with Crippen molar-refractivity contribution in [3.05, 3.63) is 24.3 Å². The third kappa shape index (κ3) is 77.5. The lowest BCUT2D eigenvalue weighted by atomic mass is 10.0. The Hall–Kier alpha value is -2.46. The van der Waals surface area contributed by atoms with Crippen LogP contribution in [0.4, 0.5) is 0 Å². The molecule has 17 nitrogen and oxygen atoms in total. The third-order valence-corrected chi connectivity index (χ3v) is 20.9. The largest absolute Gasteiger partial charge is 0.472 e. The molecule has 103 heavy (non-hydrogen) atoms. The Bertz CT molecular complexity index is 2090. The number of rotatable bonds is 80. The molecule has 0 spiro atoms. The van der Waals surface area contributed by atoms with E-state index in [-0.39, 0.29) is 25.7 Å². The van der Waals surface area contributed by atoms with Gasteiger partial charge in [0, 0.05) is 25.7 Å². The molecule has 3 unspecified atom stereocenters. The molecule has 0 saturated heterocycles. The number of esters is 4. The van der Waals surface area contributed by atoms with Crippen LogP contribution in [0.3, 0.4) is 0 Å². The maximum absolute atomic E-state index is 13.1. The molecule has 5 atom stereocenters. The van der Waals surface area contributed by atoms with Gasteiger partial charge in [-0.3, -0.25) is 37.3 Å². The molecule has 0 aliphatic carbocycles. The molecule has 0 rings (SSSR count). The van der Waals surface area contributed by atoms with Gasteiger partial charge in [-0.2, -0.15) is 0 Å². The van der Waals surface area contributed by atoms with Gasteiger partial charge in [-0.25, -0.2) is 9.13 Å².